The monoisotopic (exact) mass is 479 g/mol. The third kappa shape index (κ3) is 7.75. The first-order valence-corrected chi connectivity index (χ1v) is 10.9. The first-order chi connectivity index (χ1) is 15.9. The summed E-state index contributed by atoms with van der Waals surface area (Å²) < 4.78 is 5.39. The van der Waals surface area contributed by atoms with Crippen LogP contribution in [0.1, 0.15) is 22.8 Å². The summed E-state index contributed by atoms with van der Waals surface area (Å²) in [4.78, 5) is 24.7. The number of anilines is 2. The Bertz CT molecular complexity index is 1180. The molecular formula is C25H22ClN3O3S. The molecule has 0 spiro atoms. The third-order valence-electron chi connectivity index (χ3n) is 4.32. The Morgan fingerprint density at radius 1 is 0.970 bits per heavy atom. The lowest BCUT2D eigenvalue weighted by Gasteiger charge is -2.10. The van der Waals surface area contributed by atoms with Crippen LogP contribution in [0.15, 0.2) is 78.9 Å². The molecule has 0 heterocycles. The first-order valence-electron chi connectivity index (χ1n) is 10.1. The van der Waals surface area contributed by atoms with Crippen molar-refractivity contribution in [3.05, 3.63) is 95.0 Å². The molecule has 2 amide bonds. The van der Waals surface area contributed by atoms with E-state index in [1.165, 1.54) is 6.08 Å². The number of carbonyl (C=O) groups is 2. The van der Waals surface area contributed by atoms with Gasteiger partial charge in [0, 0.05) is 28.0 Å². The van der Waals surface area contributed by atoms with Crippen molar-refractivity contribution in [1.29, 1.82) is 0 Å². The van der Waals surface area contributed by atoms with Crippen LogP contribution in [0.25, 0.3) is 6.08 Å². The number of ether oxygens (including phenoxy) is 1. The topological polar surface area (TPSA) is 79.5 Å². The second-order valence-corrected chi connectivity index (χ2v) is 7.67. The Balaban J connectivity index is 1.54. The van der Waals surface area contributed by atoms with Crippen molar-refractivity contribution in [3.8, 4) is 5.75 Å². The van der Waals surface area contributed by atoms with Crippen LogP contribution in [0.3, 0.4) is 0 Å². The standard InChI is InChI=1S/C25H22ClN3O3S/c1-2-32-22-12-9-17(10-13-22)11-14-23(30)29-25(33)28-20-7-3-5-18(15-20)24(31)27-21-8-4-6-19(26)16-21/h3-16H,2H2,1H3,(H,27,31)(H2,28,29,30,33)/b14-11+. The molecule has 0 atom stereocenters. The number of nitrogens with one attached hydrogen (secondary N) is 3. The molecule has 0 radical (unpaired) electrons. The lowest BCUT2D eigenvalue weighted by Crippen LogP contribution is -2.32. The number of carbonyl (C=O) groups excluding carboxylic acids is 2. The smallest absolute Gasteiger partial charge is 0.255 e. The summed E-state index contributed by atoms with van der Waals surface area (Å²) >= 11 is 11.2. The van der Waals surface area contributed by atoms with Crippen LogP contribution in [-0.4, -0.2) is 23.5 Å². The van der Waals surface area contributed by atoms with Crippen LogP contribution >= 0.6 is 23.8 Å². The van der Waals surface area contributed by atoms with Gasteiger partial charge in [0.1, 0.15) is 5.75 Å². The van der Waals surface area contributed by atoms with E-state index >= 15 is 0 Å². The first kappa shape index (κ1) is 24.0. The van der Waals surface area contributed by atoms with Gasteiger partial charge in [-0.1, -0.05) is 35.9 Å². The van der Waals surface area contributed by atoms with Gasteiger partial charge in [0.25, 0.3) is 5.91 Å². The Morgan fingerprint density at radius 2 is 1.67 bits per heavy atom. The molecule has 0 aliphatic carbocycles. The number of hydrogen-bond donors (Lipinski definition) is 3. The average molecular weight is 480 g/mol. The van der Waals surface area contributed by atoms with Gasteiger partial charge in [0.2, 0.25) is 5.91 Å². The predicted molar refractivity (Wildman–Crippen MR) is 137 cm³/mol. The molecule has 33 heavy (non-hydrogen) atoms. The lowest BCUT2D eigenvalue weighted by molar-refractivity contribution is -0.115. The second kappa shape index (κ2) is 11.8. The van der Waals surface area contributed by atoms with E-state index in [0.29, 0.717) is 28.6 Å². The molecule has 6 nitrogen and oxygen atoms in total. The quantitative estimate of drug-likeness (QED) is 0.307. The molecule has 3 N–H and O–H groups in total. The number of thiocarbonyl (C=S) groups is 1. The van der Waals surface area contributed by atoms with Crippen LogP contribution in [-0.2, 0) is 4.79 Å². The van der Waals surface area contributed by atoms with Crippen molar-refractivity contribution in [3.63, 3.8) is 0 Å². The van der Waals surface area contributed by atoms with Crippen molar-refractivity contribution < 1.29 is 14.3 Å². The zero-order chi connectivity index (χ0) is 23.6. The van der Waals surface area contributed by atoms with Gasteiger partial charge in [0.05, 0.1) is 6.61 Å². The van der Waals surface area contributed by atoms with Gasteiger partial charge in [0.15, 0.2) is 5.11 Å². The molecule has 3 rings (SSSR count). The van der Waals surface area contributed by atoms with E-state index in [1.54, 1.807) is 54.6 Å². The van der Waals surface area contributed by atoms with Crippen LogP contribution in [0.2, 0.25) is 5.02 Å². The summed E-state index contributed by atoms with van der Waals surface area (Å²) in [5.41, 5.74) is 2.43. The summed E-state index contributed by atoms with van der Waals surface area (Å²) in [6.45, 7) is 2.51. The van der Waals surface area contributed by atoms with Crippen LogP contribution in [0, 0.1) is 0 Å². The van der Waals surface area contributed by atoms with E-state index in [1.807, 2.05) is 31.2 Å². The number of hydrogen-bond acceptors (Lipinski definition) is 4. The number of rotatable bonds is 7. The normalized spacial score (nSPS) is 10.5. The molecule has 0 aliphatic heterocycles. The highest BCUT2D eigenvalue weighted by molar-refractivity contribution is 7.80. The summed E-state index contributed by atoms with van der Waals surface area (Å²) in [6, 6.07) is 21.0. The van der Waals surface area contributed by atoms with Crippen molar-refractivity contribution in [2.45, 2.75) is 6.92 Å². The minimum Gasteiger partial charge on any atom is -0.494 e. The third-order valence-corrected chi connectivity index (χ3v) is 4.76. The maximum Gasteiger partial charge on any atom is 0.255 e. The van der Waals surface area contributed by atoms with E-state index in [9.17, 15) is 9.59 Å². The minimum absolute atomic E-state index is 0.115. The highest BCUT2D eigenvalue weighted by atomic mass is 35.5. The van der Waals surface area contributed by atoms with E-state index in [-0.39, 0.29) is 16.9 Å². The molecule has 168 valence electrons. The summed E-state index contributed by atoms with van der Waals surface area (Å²) in [5.74, 6) is 0.0957. The van der Waals surface area contributed by atoms with Gasteiger partial charge in [-0.25, -0.2) is 0 Å². The highest BCUT2D eigenvalue weighted by Gasteiger charge is 2.08. The Kier molecular flexibility index (Phi) is 8.57. The SMILES string of the molecule is CCOc1ccc(/C=C/C(=O)NC(=S)Nc2cccc(C(=O)Nc3cccc(Cl)c3)c2)cc1. The highest BCUT2D eigenvalue weighted by Crippen LogP contribution is 2.17. The fourth-order valence-corrected chi connectivity index (χ4v) is 3.25. The predicted octanol–water partition coefficient (Wildman–Crippen LogP) is 5.52. The summed E-state index contributed by atoms with van der Waals surface area (Å²) in [7, 11) is 0. The molecule has 0 fully saturated rings. The van der Waals surface area contributed by atoms with Gasteiger partial charge < -0.3 is 15.4 Å². The number of benzene rings is 3. The molecule has 3 aromatic rings. The minimum atomic E-state index is -0.378. The van der Waals surface area contributed by atoms with Crippen molar-refractivity contribution in [2.24, 2.45) is 0 Å². The van der Waals surface area contributed by atoms with E-state index in [4.69, 9.17) is 28.6 Å². The maximum absolute atomic E-state index is 12.5. The summed E-state index contributed by atoms with van der Waals surface area (Å²) in [6.07, 6.45) is 3.06. The Morgan fingerprint density at radius 3 is 2.36 bits per heavy atom. The van der Waals surface area contributed by atoms with Gasteiger partial charge in [-0.15, -0.1) is 0 Å². The van der Waals surface area contributed by atoms with E-state index < -0.39 is 0 Å². The molecule has 0 aromatic heterocycles. The average Bonchev–Trinajstić information content (AvgIpc) is 2.79. The zero-order valence-corrected chi connectivity index (χ0v) is 19.4. The molecule has 8 heteroatoms. The van der Waals surface area contributed by atoms with Gasteiger partial charge in [-0.3, -0.25) is 14.9 Å². The molecule has 0 bridgehead atoms. The second-order valence-electron chi connectivity index (χ2n) is 6.82. The Labute approximate surface area is 202 Å². The van der Waals surface area contributed by atoms with Gasteiger partial charge in [-0.05, 0) is 79.3 Å². The fraction of sp³-hybridized carbons (Fsp3) is 0.0800. The Hall–Kier alpha value is -3.68. The molecule has 0 saturated heterocycles. The zero-order valence-electron chi connectivity index (χ0n) is 17.8. The van der Waals surface area contributed by atoms with Gasteiger partial charge in [-0.2, -0.15) is 0 Å². The fourth-order valence-electron chi connectivity index (χ4n) is 2.84. The summed E-state index contributed by atoms with van der Waals surface area (Å²) in [5, 5.41) is 8.92. The van der Waals surface area contributed by atoms with Crippen molar-refractivity contribution in [2.75, 3.05) is 17.2 Å². The van der Waals surface area contributed by atoms with Crippen LogP contribution < -0.4 is 20.7 Å². The van der Waals surface area contributed by atoms with Crippen LogP contribution in [0.4, 0.5) is 11.4 Å². The largest absolute Gasteiger partial charge is 0.494 e. The molecule has 0 saturated carbocycles. The van der Waals surface area contributed by atoms with Crippen molar-refractivity contribution >= 4 is 58.2 Å². The number of amides is 2. The van der Waals surface area contributed by atoms with Crippen molar-refractivity contribution in [1.82, 2.24) is 5.32 Å². The molecular weight excluding hydrogens is 458 g/mol. The van der Waals surface area contributed by atoms with E-state index in [0.717, 1.165) is 11.3 Å². The van der Waals surface area contributed by atoms with E-state index in [2.05, 4.69) is 16.0 Å². The number of halogens is 1. The molecule has 0 aliphatic rings. The molecule has 3 aromatic carbocycles. The lowest BCUT2D eigenvalue weighted by atomic mass is 10.2. The maximum atomic E-state index is 12.5. The molecule has 0 unspecified atom stereocenters. The van der Waals surface area contributed by atoms with Gasteiger partial charge >= 0.3 is 0 Å². The van der Waals surface area contributed by atoms with Crippen LogP contribution in [0.5, 0.6) is 5.75 Å².